The zero-order valence-electron chi connectivity index (χ0n) is 17.5. The first kappa shape index (κ1) is 21.0. The molecule has 4 nitrogen and oxygen atoms in total. The molecule has 0 aromatic heterocycles. The van der Waals surface area contributed by atoms with E-state index >= 15 is 0 Å². The number of halogens is 1. The SMILES string of the molecule is O=C(NCCN1CCCC1)C1(Cc2cccc(-c3ccc(F)cc3)c2)CCOCC1. The second-order valence-electron chi connectivity index (χ2n) is 8.58. The largest absolute Gasteiger partial charge is 0.381 e. The van der Waals surface area contributed by atoms with Gasteiger partial charge in [0.05, 0.1) is 5.41 Å². The van der Waals surface area contributed by atoms with E-state index in [1.807, 2.05) is 12.1 Å². The number of amides is 1. The van der Waals surface area contributed by atoms with Crippen molar-refractivity contribution >= 4 is 5.91 Å². The van der Waals surface area contributed by atoms with Crippen molar-refractivity contribution in [3.8, 4) is 11.1 Å². The molecule has 2 fully saturated rings. The minimum absolute atomic E-state index is 0.150. The summed E-state index contributed by atoms with van der Waals surface area (Å²) in [7, 11) is 0. The van der Waals surface area contributed by atoms with Gasteiger partial charge in [-0.05, 0) is 74.0 Å². The highest BCUT2D eigenvalue weighted by Crippen LogP contribution is 2.35. The summed E-state index contributed by atoms with van der Waals surface area (Å²) in [6, 6.07) is 14.8. The van der Waals surface area contributed by atoms with Gasteiger partial charge in [-0.15, -0.1) is 0 Å². The maximum absolute atomic E-state index is 13.3. The predicted octanol–water partition coefficient (Wildman–Crippen LogP) is 4.04. The van der Waals surface area contributed by atoms with E-state index in [0.717, 1.165) is 49.2 Å². The third-order valence-corrected chi connectivity index (χ3v) is 6.49. The fourth-order valence-electron chi connectivity index (χ4n) is 4.66. The summed E-state index contributed by atoms with van der Waals surface area (Å²) in [6.07, 6.45) is 4.70. The quantitative estimate of drug-likeness (QED) is 0.749. The van der Waals surface area contributed by atoms with Crippen LogP contribution in [0.15, 0.2) is 48.5 Å². The number of rotatable bonds is 7. The van der Waals surface area contributed by atoms with Crippen LogP contribution in [0.25, 0.3) is 11.1 Å². The maximum atomic E-state index is 13.3. The number of likely N-dealkylation sites (tertiary alicyclic amines) is 1. The predicted molar refractivity (Wildman–Crippen MR) is 117 cm³/mol. The molecular formula is C25H31FN2O2. The Balaban J connectivity index is 1.46. The molecule has 0 bridgehead atoms. The van der Waals surface area contributed by atoms with E-state index < -0.39 is 5.41 Å². The molecule has 160 valence electrons. The molecular weight excluding hydrogens is 379 g/mol. The lowest BCUT2D eigenvalue weighted by molar-refractivity contribution is -0.136. The highest BCUT2D eigenvalue weighted by atomic mass is 19.1. The Morgan fingerprint density at radius 2 is 1.77 bits per heavy atom. The zero-order chi connectivity index (χ0) is 20.8. The van der Waals surface area contributed by atoms with Crippen molar-refractivity contribution < 1.29 is 13.9 Å². The van der Waals surface area contributed by atoms with Crippen molar-refractivity contribution in [2.45, 2.75) is 32.1 Å². The maximum Gasteiger partial charge on any atom is 0.226 e. The van der Waals surface area contributed by atoms with Gasteiger partial charge < -0.3 is 15.0 Å². The number of nitrogens with zero attached hydrogens (tertiary/aromatic N) is 1. The van der Waals surface area contributed by atoms with Crippen LogP contribution in [-0.2, 0) is 16.0 Å². The molecule has 2 saturated heterocycles. The summed E-state index contributed by atoms with van der Waals surface area (Å²) in [4.78, 5) is 15.7. The van der Waals surface area contributed by atoms with Crippen LogP contribution in [0.4, 0.5) is 4.39 Å². The number of hydrogen-bond acceptors (Lipinski definition) is 3. The topological polar surface area (TPSA) is 41.6 Å². The lowest BCUT2D eigenvalue weighted by Gasteiger charge is -2.36. The number of carbonyl (C=O) groups is 1. The molecule has 2 aliphatic heterocycles. The molecule has 2 heterocycles. The van der Waals surface area contributed by atoms with E-state index in [4.69, 9.17) is 4.74 Å². The van der Waals surface area contributed by atoms with Gasteiger partial charge in [0.15, 0.2) is 0 Å². The average Bonchev–Trinajstić information content (AvgIpc) is 3.28. The molecule has 0 atom stereocenters. The van der Waals surface area contributed by atoms with Crippen molar-refractivity contribution in [1.29, 1.82) is 0 Å². The van der Waals surface area contributed by atoms with Gasteiger partial charge in [0.25, 0.3) is 0 Å². The minimum Gasteiger partial charge on any atom is -0.381 e. The van der Waals surface area contributed by atoms with Gasteiger partial charge in [-0.1, -0.05) is 36.4 Å². The highest BCUT2D eigenvalue weighted by Gasteiger charge is 2.40. The zero-order valence-corrected chi connectivity index (χ0v) is 17.5. The highest BCUT2D eigenvalue weighted by molar-refractivity contribution is 5.83. The molecule has 0 aliphatic carbocycles. The van der Waals surface area contributed by atoms with Crippen LogP contribution in [0.3, 0.4) is 0 Å². The van der Waals surface area contributed by atoms with Gasteiger partial charge in [0, 0.05) is 26.3 Å². The fourth-order valence-corrected chi connectivity index (χ4v) is 4.66. The van der Waals surface area contributed by atoms with Gasteiger partial charge >= 0.3 is 0 Å². The van der Waals surface area contributed by atoms with Crippen LogP contribution in [-0.4, -0.2) is 50.2 Å². The fraction of sp³-hybridized carbons (Fsp3) is 0.480. The molecule has 2 aromatic rings. The first-order valence-corrected chi connectivity index (χ1v) is 11.1. The summed E-state index contributed by atoms with van der Waals surface area (Å²) >= 11 is 0. The molecule has 1 amide bonds. The minimum atomic E-state index is -0.426. The van der Waals surface area contributed by atoms with Crippen LogP contribution < -0.4 is 5.32 Å². The number of ether oxygens (including phenoxy) is 1. The number of benzene rings is 2. The van der Waals surface area contributed by atoms with Crippen molar-refractivity contribution in [3.63, 3.8) is 0 Å². The molecule has 0 unspecified atom stereocenters. The summed E-state index contributed by atoms with van der Waals surface area (Å²) in [6.45, 7) is 5.17. The van der Waals surface area contributed by atoms with Gasteiger partial charge in [-0.25, -0.2) is 4.39 Å². The molecule has 0 saturated carbocycles. The third kappa shape index (κ3) is 5.08. The van der Waals surface area contributed by atoms with Crippen LogP contribution >= 0.6 is 0 Å². The first-order chi connectivity index (χ1) is 14.6. The number of nitrogens with one attached hydrogen (secondary N) is 1. The summed E-state index contributed by atoms with van der Waals surface area (Å²) in [5.41, 5.74) is 2.73. The van der Waals surface area contributed by atoms with Crippen LogP contribution in [0.1, 0.15) is 31.2 Å². The Morgan fingerprint density at radius 1 is 1.03 bits per heavy atom. The van der Waals surface area contributed by atoms with Gasteiger partial charge in [0.2, 0.25) is 5.91 Å². The average molecular weight is 411 g/mol. The molecule has 5 heteroatoms. The monoisotopic (exact) mass is 410 g/mol. The normalized spacial score (nSPS) is 19.0. The van der Waals surface area contributed by atoms with Gasteiger partial charge in [-0.2, -0.15) is 0 Å². The lowest BCUT2D eigenvalue weighted by Crippen LogP contribution is -2.47. The summed E-state index contributed by atoms with van der Waals surface area (Å²) in [5, 5.41) is 3.22. The third-order valence-electron chi connectivity index (χ3n) is 6.49. The Bertz CT molecular complexity index is 840. The smallest absolute Gasteiger partial charge is 0.226 e. The molecule has 30 heavy (non-hydrogen) atoms. The van der Waals surface area contributed by atoms with E-state index in [1.54, 1.807) is 12.1 Å². The Hall–Kier alpha value is -2.24. The first-order valence-electron chi connectivity index (χ1n) is 11.1. The van der Waals surface area contributed by atoms with Crippen molar-refractivity contribution in [3.05, 3.63) is 59.9 Å². The van der Waals surface area contributed by atoms with Crippen molar-refractivity contribution in [2.24, 2.45) is 5.41 Å². The molecule has 0 radical (unpaired) electrons. The molecule has 4 rings (SSSR count). The molecule has 1 N–H and O–H groups in total. The van der Waals surface area contributed by atoms with Crippen LogP contribution in [0.5, 0.6) is 0 Å². The van der Waals surface area contributed by atoms with Gasteiger partial charge in [-0.3, -0.25) is 4.79 Å². The summed E-state index contributed by atoms with van der Waals surface area (Å²) in [5.74, 6) is -0.0844. The van der Waals surface area contributed by atoms with E-state index in [9.17, 15) is 9.18 Å². The Kier molecular flexibility index (Phi) is 6.80. The van der Waals surface area contributed by atoms with E-state index in [2.05, 4.69) is 22.3 Å². The number of hydrogen-bond donors (Lipinski definition) is 1. The Morgan fingerprint density at radius 3 is 2.50 bits per heavy atom. The van der Waals surface area contributed by atoms with E-state index in [1.165, 1.54) is 25.0 Å². The number of carbonyl (C=O) groups excluding carboxylic acids is 1. The molecule has 2 aliphatic rings. The van der Waals surface area contributed by atoms with Crippen molar-refractivity contribution in [1.82, 2.24) is 10.2 Å². The standard InChI is InChI=1S/C25H31FN2O2/c26-23-8-6-21(7-9-23)22-5-3-4-20(18-22)19-25(10-16-30-17-11-25)24(29)27-12-15-28-13-1-2-14-28/h3-9,18H,1-2,10-17,19H2,(H,27,29). The molecule has 2 aromatic carbocycles. The van der Waals surface area contributed by atoms with Crippen LogP contribution in [0.2, 0.25) is 0 Å². The van der Waals surface area contributed by atoms with E-state index in [0.29, 0.717) is 26.2 Å². The van der Waals surface area contributed by atoms with Crippen molar-refractivity contribution in [2.75, 3.05) is 39.4 Å². The lowest BCUT2D eigenvalue weighted by atomic mass is 9.74. The van der Waals surface area contributed by atoms with Gasteiger partial charge in [0.1, 0.15) is 5.82 Å². The second-order valence-corrected chi connectivity index (χ2v) is 8.58. The second kappa shape index (κ2) is 9.71. The molecule has 0 spiro atoms. The van der Waals surface area contributed by atoms with Crippen LogP contribution in [0, 0.1) is 11.2 Å². The Labute approximate surface area is 178 Å². The summed E-state index contributed by atoms with van der Waals surface area (Å²) < 4.78 is 18.9. The van der Waals surface area contributed by atoms with E-state index in [-0.39, 0.29) is 11.7 Å².